The van der Waals surface area contributed by atoms with E-state index in [1.54, 1.807) is 17.5 Å². The summed E-state index contributed by atoms with van der Waals surface area (Å²) in [5, 5.41) is 0. The largest absolute Gasteiger partial charge is 0.255 e. The number of rotatable bonds is 2. The summed E-state index contributed by atoms with van der Waals surface area (Å²) in [4.78, 5) is 19.1. The van der Waals surface area contributed by atoms with E-state index in [1.165, 1.54) is 0 Å². The predicted octanol–water partition coefficient (Wildman–Crippen LogP) is 4.12. The maximum Gasteiger partial charge on any atom is 0.109 e. The summed E-state index contributed by atoms with van der Waals surface area (Å²) in [7, 11) is 0. The molecule has 0 fully saturated rings. The van der Waals surface area contributed by atoms with Crippen molar-refractivity contribution in [2.75, 3.05) is 0 Å². The molecule has 0 saturated carbocycles. The first-order valence-electron chi connectivity index (χ1n) is 6.91. The third kappa shape index (κ3) is 2.25. The minimum absolute atomic E-state index is 0.847. The fourth-order valence-corrected chi connectivity index (χ4v) is 3.14. The average Bonchev–Trinajstić information content (AvgIpc) is 3.04. The Hall–Kier alpha value is -2.66. The molecule has 22 heavy (non-hydrogen) atoms. The number of aromatic nitrogens is 4. The Labute approximate surface area is 131 Å². The second-order valence-corrected chi connectivity index (χ2v) is 5.79. The number of nitrogens with zero attached hydrogens (tertiary/aromatic N) is 4. The molecule has 0 unspecified atom stereocenters. The molecule has 106 valence electrons. The second kappa shape index (κ2) is 5.27. The predicted molar refractivity (Wildman–Crippen MR) is 88.6 cm³/mol. The first-order valence-corrected chi connectivity index (χ1v) is 7.79. The summed E-state index contributed by atoms with van der Waals surface area (Å²) in [5.74, 6) is 0. The molecule has 4 aromatic heterocycles. The highest BCUT2D eigenvalue weighted by atomic mass is 32.1. The van der Waals surface area contributed by atoms with Gasteiger partial charge in [-0.05, 0) is 43.3 Å². The zero-order chi connectivity index (χ0) is 14.9. The van der Waals surface area contributed by atoms with Gasteiger partial charge in [0.1, 0.15) is 5.69 Å². The van der Waals surface area contributed by atoms with Gasteiger partial charge in [-0.25, -0.2) is 9.97 Å². The molecule has 0 aliphatic rings. The molecule has 4 aromatic rings. The van der Waals surface area contributed by atoms with E-state index in [4.69, 9.17) is 0 Å². The summed E-state index contributed by atoms with van der Waals surface area (Å²) in [6.07, 6.45) is 1.77. The van der Waals surface area contributed by atoms with Gasteiger partial charge < -0.3 is 0 Å². The van der Waals surface area contributed by atoms with E-state index in [1.807, 2.05) is 54.9 Å². The van der Waals surface area contributed by atoms with Crippen LogP contribution in [0.1, 0.15) is 5.69 Å². The summed E-state index contributed by atoms with van der Waals surface area (Å²) in [6.45, 7) is 1.99. The molecule has 0 spiro atoms. The number of hydrogen-bond acceptors (Lipinski definition) is 5. The van der Waals surface area contributed by atoms with Crippen molar-refractivity contribution in [3.63, 3.8) is 0 Å². The van der Waals surface area contributed by atoms with Crippen LogP contribution in [0.2, 0.25) is 0 Å². The Morgan fingerprint density at radius 2 is 1.77 bits per heavy atom. The highest BCUT2D eigenvalue weighted by Crippen LogP contribution is 2.33. The van der Waals surface area contributed by atoms with Crippen LogP contribution in [0, 0.1) is 6.92 Å². The molecular weight excluding hydrogens is 292 g/mol. The quantitative estimate of drug-likeness (QED) is 0.559. The Balaban J connectivity index is 1.87. The minimum Gasteiger partial charge on any atom is -0.255 e. The van der Waals surface area contributed by atoms with Crippen LogP contribution in [-0.4, -0.2) is 19.9 Å². The average molecular weight is 304 g/mol. The second-order valence-electron chi connectivity index (χ2n) is 4.93. The summed E-state index contributed by atoms with van der Waals surface area (Å²) >= 11 is 1.58. The fraction of sp³-hybridized carbons (Fsp3) is 0.0588. The van der Waals surface area contributed by atoms with Gasteiger partial charge in [0.25, 0.3) is 0 Å². The third-order valence-electron chi connectivity index (χ3n) is 3.39. The number of fused-ring (bicyclic) bond motifs is 1. The number of aryl methyl sites for hydroxylation is 1. The van der Waals surface area contributed by atoms with Gasteiger partial charge in [0.05, 0.1) is 32.8 Å². The standard InChI is InChI=1S/C17H12N4S/c1-11-4-2-5-15(20-11)17-16(19-10-22-17)14-8-7-12-13(21-14)6-3-9-18-12/h2-10H,1H3. The van der Waals surface area contributed by atoms with E-state index < -0.39 is 0 Å². The molecule has 4 nitrogen and oxygen atoms in total. The molecule has 5 heteroatoms. The van der Waals surface area contributed by atoms with Crippen molar-refractivity contribution in [2.24, 2.45) is 0 Å². The molecule has 4 rings (SSSR count). The molecule has 0 atom stereocenters. The Bertz CT molecular complexity index is 961. The molecular formula is C17H12N4S. The van der Waals surface area contributed by atoms with Crippen LogP contribution in [0.4, 0.5) is 0 Å². The number of pyridine rings is 3. The molecule has 0 saturated heterocycles. The van der Waals surface area contributed by atoms with E-state index >= 15 is 0 Å². The van der Waals surface area contributed by atoms with Crippen LogP contribution >= 0.6 is 11.3 Å². The van der Waals surface area contributed by atoms with Crippen molar-refractivity contribution in [1.29, 1.82) is 0 Å². The summed E-state index contributed by atoms with van der Waals surface area (Å²) < 4.78 is 0. The lowest BCUT2D eigenvalue weighted by Gasteiger charge is -2.04. The SMILES string of the molecule is Cc1cccc(-c2scnc2-c2ccc3ncccc3n2)n1. The van der Waals surface area contributed by atoms with Crippen molar-refractivity contribution >= 4 is 22.4 Å². The lowest BCUT2D eigenvalue weighted by atomic mass is 10.2. The van der Waals surface area contributed by atoms with Gasteiger partial charge >= 0.3 is 0 Å². The van der Waals surface area contributed by atoms with Gasteiger partial charge in [-0.2, -0.15) is 0 Å². The summed E-state index contributed by atoms with van der Waals surface area (Å²) in [5.41, 5.74) is 7.24. The van der Waals surface area contributed by atoms with Gasteiger partial charge in [0.15, 0.2) is 0 Å². The van der Waals surface area contributed by atoms with E-state index in [0.29, 0.717) is 0 Å². The molecule has 0 aliphatic heterocycles. The van der Waals surface area contributed by atoms with Crippen LogP contribution in [-0.2, 0) is 0 Å². The Kier molecular flexibility index (Phi) is 3.12. The van der Waals surface area contributed by atoms with Gasteiger partial charge in [-0.1, -0.05) is 6.07 Å². The highest BCUT2D eigenvalue weighted by Gasteiger charge is 2.13. The molecule has 4 heterocycles. The minimum atomic E-state index is 0.847. The van der Waals surface area contributed by atoms with Crippen LogP contribution < -0.4 is 0 Å². The van der Waals surface area contributed by atoms with Gasteiger partial charge in [-0.15, -0.1) is 11.3 Å². The van der Waals surface area contributed by atoms with Crippen molar-refractivity contribution < 1.29 is 0 Å². The van der Waals surface area contributed by atoms with Crippen LogP contribution in [0.3, 0.4) is 0 Å². The van der Waals surface area contributed by atoms with E-state index in [0.717, 1.165) is 38.7 Å². The Morgan fingerprint density at radius 3 is 2.68 bits per heavy atom. The van der Waals surface area contributed by atoms with Gasteiger partial charge in [-0.3, -0.25) is 9.97 Å². The van der Waals surface area contributed by atoms with Gasteiger partial charge in [0.2, 0.25) is 0 Å². The molecule has 0 aliphatic carbocycles. The first kappa shape index (κ1) is 13.0. The topological polar surface area (TPSA) is 51.6 Å². The number of thiazole rings is 1. The van der Waals surface area contributed by atoms with Crippen molar-refractivity contribution in [3.05, 3.63) is 59.9 Å². The van der Waals surface area contributed by atoms with E-state index in [9.17, 15) is 0 Å². The summed E-state index contributed by atoms with van der Waals surface area (Å²) in [6, 6.07) is 13.8. The van der Waals surface area contributed by atoms with E-state index in [-0.39, 0.29) is 0 Å². The zero-order valence-corrected chi connectivity index (χ0v) is 12.7. The third-order valence-corrected chi connectivity index (χ3v) is 4.24. The first-order chi connectivity index (χ1) is 10.8. The molecule has 0 amide bonds. The molecule has 0 N–H and O–H groups in total. The fourth-order valence-electron chi connectivity index (χ4n) is 2.37. The van der Waals surface area contributed by atoms with E-state index in [2.05, 4.69) is 19.9 Å². The maximum absolute atomic E-state index is 4.68. The maximum atomic E-state index is 4.68. The smallest absolute Gasteiger partial charge is 0.109 e. The van der Waals surface area contributed by atoms with Crippen LogP contribution in [0.15, 0.2) is 54.2 Å². The van der Waals surface area contributed by atoms with Crippen LogP contribution in [0.25, 0.3) is 33.0 Å². The van der Waals surface area contributed by atoms with Crippen LogP contribution in [0.5, 0.6) is 0 Å². The Morgan fingerprint density at radius 1 is 0.818 bits per heavy atom. The normalized spacial score (nSPS) is 11.0. The lowest BCUT2D eigenvalue weighted by Crippen LogP contribution is -1.90. The molecule has 0 aromatic carbocycles. The monoisotopic (exact) mass is 304 g/mol. The van der Waals surface area contributed by atoms with Crippen molar-refractivity contribution in [2.45, 2.75) is 6.92 Å². The van der Waals surface area contributed by atoms with Crippen molar-refractivity contribution in [1.82, 2.24) is 19.9 Å². The van der Waals surface area contributed by atoms with Gasteiger partial charge in [0, 0.05) is 11.9 Å². The zero-order valence-electron chi connectivity index (χ0n) is 11.9. The highest BCUT2D eigenvalue weighted by molar-refractivity contribution is 7.13. The molecule has 0 bridgehead atoms. The molecule has 0 radical (unpaired) electrons. The number of hydrogen-bond donors (Lipinski definition) is 0. The lowest BCUT2D eigenvalue weighted by molar-refractivity contribution is 1.21. The van der Waals surface area contributed by atoms with Crippen molar-refractivity contribution in [3.8, 4) is 22.0 Å².